The predicted molar refractivity (Wildman–Crippen MR) is 89.4 cm³/mol. The Morgan fingerprint density at radius 3 is 3.17 bits per heavy atom. The Balaban J connectivity index is 1.64. The van der Waals surface area contributed by atoms with E-state index in [0.717, 1.165) is 41.3 Å². The van der Waals surface area contributed by atoms with Gasteiger partial charge in [-0.2, -0.15) is 5.10 Å². The van der Waals surface area contributed by atoms with E-state index in [1.54, 1.807) is 6.20 Å². The highest BCUT2D eigenvalue weighted by atomic mass is 16.1. The molecule has 0 fully saturated rings. The fourth-order valence-electron chi connectivity index (χ4n) is 3.51. The van der Waals surface area contributed by atoms with E-state index in [2.05, 4.69) is 21.5 Å². The van der Waals surface area contributed by atoms with Gasteiger partial charge in [0.2, 0.25) is 0 Å². The van der Waals surface area contributed by atoms with Crippen LogP contribution in [0.25, 0.3) is 10.9 Å². The standard InChI is InChI=1S/C18H20N4O/c1-11-6-7-15-12(8-11)13(9-19-15)18(23)21-16-4-3-5-17-14(16)10-20-22(17)2/h6-10,16,19H,3-5H2,1-2H3,(H,21,23)/t16-/m1/s1. The number of nitrogens with one attached hydrogen (secondary N) is 2. The van der Waals surface area contributed by atoms with Crippen LogP contribution in [0.15, 0.2) is 30.6 Å². The van der Waals surface area contributed by atoms with Crippen molar-refractivity contribution >= 4 is 16.8 Å². The maximum absolute atomic E-state index is 12.8. The van der Waals surface area contributed by atoms with E-state index in [9.17, 15) is 4.79 Å². The van der Waals surface area contributed by atoms with Crippen LogP contribution >= 0.6 is 0 Å². The zero-order valence-electron chi connectivity index (χ0n) is 13.4. The molecule has 1 aliphatic carbocycles. The Bertz CT molecular complexity index is 890. The number of amides is 1. The van der Waals surface area contributed by atoms with E-state index in [1.165, 1.54) is 5.69 Å². The van der Waals surface area contributed by atoms with Crippen LogP contribution in [0.5, 0.6) is 0 Å². The zero-order chi connectivity index (χ0) is 16.0. The summed E-state index contributed by atoms with van der Waals surface area (Å²) in [5.41, 5.74) is 5.24. The van der Waals surface area contributed by atoms with E-state index in [4.69, 9.17) is 0 Å². The Kier molecular flexibility index (Phi) is 3.22. The minimum atomic E-state index is -0.0245. The first kappa shape index (κ1) is 14.1. The van der Waals surface area contributed by atoms with E-state index >= 15 is 0 Å². The first-order valence-electron chi connectivity index (χ1n) is 8.03. The Labute approximate surface area is 134 Å². The van der Waals surface area contributed by atoms with Crippen molar-refractivity contribution in [3.05, 3.63) is 53.0 Å². The van der Waals surface area contributed by atoms with Crippen molar-refractivity contribution in [3.8, 4) is 0 Å². The summed E-state index contributed by atoms with van der Waals surface area (Å²) in [6.45, 7) is 2.04. The number of nitrogens with zero attached hydrogens (tertiary/aromatic N) is 2. The van der Waals surface area contributed by atoms with E-state index in [0.29, 0.717) is 5.56 Å². The lowest BCUT2D eigenvalue weighted by Gasteiger charge is -2.23. The molecule has 0 aliphatic heterocycles. The molecule has 5 heteroatoms. The van der Waals surface area contributed by atoms with Crippen LogP contribution in [0.2, 0.25) is 0 Å². The molecule has 0 unspecified atom stereocenters. The highest BCUT2D eigenvalue weighted by Crippen LogP contribution is 2.30. The SMILES string of the molecule is Cc1ccc2[nH]cc(C(=O)N[C@@H]3CCCc4c3cnn4C)c2c1. The van der Waals surface area contributed by atoms with Crippen molar-refractivity contribution in [1.29, 1.82) is 0 Å². The zero-order valence-corrected chi connectivity index (χ0v) is 13.4. The largest absolute Gasteiger partial charge is 0.360 e. The molecule has 0 radical (unpaired) electrons. The average Bonchev–Trinajstić information content (AvgIpc) is 3.12. The quantitative estimate of drug-likeness (QED) is 0.764. The van der Waals surface area contributed by atoms with Gasteiger partial charge < -0.3 is 10.3 Å². The van der Waals surface area contributed by atoms with Crippen LogP contribution in [-0.2, 0) is 13.5 Å². The molecule has 118 valence electrons. The van der Waals surface area contributed by atoms with Crippen LogP contribution in [-0.4, -0.2) is 20.7 Å². The number of aromatic amines is 1. The van der Waals surface area contributed by atoms with E-state index in [-0.39, 0.29) is 11.9 Å². The number of H-pyrrole nitrogens is 1. The van der Waals surface area contributed by atoms with E-state index < -0.39 is 0 Å². The number of aromatic nitrogens is 3. The number of benzene rings is 1. The van der Waals surface area contributed by atoms with Crippen molar-refractivity contribution in [1.82, 2.24) is 20.1 Å². The summed E-state index contributed by atoms with van der Waals surface area (Å²) >= 11 is 0. The van der Waals surface area contributed by atoms with Gasteiger partial charge in [-0.1, -0.05) is 11.6 Å². The first-order valence-corrected chi connectivity index (χ1v) is 8.03. The summed E-state index contributed by atoms with van der Waals surface area (Å²) in [6.07, 6.45) is 6.76. The van der Waals surface area contributed by atoms with Crippen molar-refractivity contribution in [3.63, 3.8) is 0 Å². The Morgan fingerprint density at radius 1 is 1.43 bits per heavy atom. The third-order valence-electron chi connectivity index (χ3n) is 4.76. The molecule has 1 atom stereocenters. The molecule has 1 aromatic carbocycles. The van der Waals surface area contributed by atoms with Crippen LogP contribution < -0.4 is 5.32 Å². The molecule has 0 saturated carbocycles. The number of carbonyl (C=O) groups excluding carboxylic acids is 1. The van der Waals surface area contributed by atoms with Gasteiger partial charge in [0.1, 0.15) is 0 Å². The van der Waals surface area contributed by atoms with Gasteiger partial charge >= 0.3 is 0 Å². The molecule has 5 nitrogen and oxygen atoms in total. The second-order valence-electron chi connectivity index (χ2n) is 6.34. The summed E-state index contributed by atoms with van der Waals surface area (Å²) in [4.78, 5) is 15.9. The van der Waals surface area contributed by atoms with Gasteiger partial charge in [0.15, 0.2) is 0 Å². The average molecular weight is 308 g/mol. The van der Waals surface area contributed by atoms with Crippen LogP contribution in [0.3, 0.4) is 0 Å². The number of carbonyl (C=O) groups is 1. The summed E-state index contributed by atoms with van der Waals surface area (Å²) in [6, 6.07) is 6.16. The maximum atomic E-state index is 12.8. The number of fused-ring (bicyclic) bond motifs is 2. The molecule has 2 heterocycles. The highest BCUT2D eigenvalue weighted by molar-refractivity contribution is 6.07. The molecular weight excluding hydrogens is 288 g/mol. The Morgan fingerprint density at radius 2 is 2.30 bits per heavy atom. The third kappa shape index (κ3) is 2.32. The third-order valence-corrected chi connectivity index (χ3v) is 4.76. The van der Waals surface area contributed by atoms with Gasteiger partial charge in [0.25, 0.3) is 5.91 Å². The van der Waals surface area contributed by atoms with Crippen LogP contribution in [0.4, 0.5) is 0 Å². The molecule has 1 aliphatic rings. The van der Waals surface area contributed by atoms with Crippen molar-refractivity contribution < 1.29 is 4.79 Å². The monoisotopic (exact) mass is 308 g/mol. The second kappa shape index (κ2) is 5.26. The summed E-state index contributed by atoms with van der Waals surface area (Å²) in [5, 5.41) is 8.51. The number of aryl methyl sites for hydroxylation is 2. The lowest BCUT2D eigenvalue weighted by atomic mass is 9.92. The molecule has 0 saturated heterocycles. The second-order valence-corrected chi connectivity index (χ2v) is 6.34. The molecule has 4 rings (SSSR count). The van der Waals surface area contributed by atoms with Crippen molar-refractivity contribution in [2.45, 2.75) is 32.2 Å². The lowest BCUT2D eigenvalue weighted by molar-refractivity contribution is 0.0934. The summed E-state index contributed by atoms with van der Waals surface area (Å²) < 4.78 is 1.92. The minimum absolute atomic E-state index is 0.0245. The molecule has 0 spiro atoms. The Hall–Kier alpha value is -2.56. The molecule has 1 amide bonds. The van der Waals surface area contributed by atoms with Gasteiger partial charge in [-0.05, 0) is 38.3 Å². The maximum Gasteiger partial charge on any atom is 0.253 e. The van der Waals surface area contributed by atoms with Gasteiger partial charge in [0, 0.05) is 35.4 Å². The lowest BCUT2D eigenvalue weighted by Crippen LogP contribution is -2.30. The first-order chi connectivity index (χ1) is 11.1. The molecule has 2 aromatic heterocycles. The fraction of sp³-hybridized carbons (Fsp3) is 0.333. The molecule has 0 bridgehead atoms. The number of hydrogen-bond acceptors (Lipinski definition) is 2. The van der Waals surface area contributed by atoms with Crippen LogP contribution in [0, 0.1) is 6.92 Å². The van der Waals surface area contributed by atoms with Gasteiger partial charge in [-0.15, -0.1) is 0 Å². The number of rotatable bonds is 2. The van der Waals surface area contributed by atoms with E-state index in [1.807, 2.05) is 37.0 Å². The van der Waals surface area contributed by atoms with Crippen LogP contribution in [0.1, 0.15) is 46.1 Å². The molecule has 23 heavy (non-hydrogen) atoms. The minimum Gasteiger partial charge on any atom is -0.360 e. The smallest absolute Gasteiger partial charge is 0.253 e. The predicted octanol–water partition coefficient (Wildman–Crippen LogP) is 3.02. The van der Waals surface area contributed by atoms with Crippen molar-refractivity contribution in [2.24, 2.45) is 7.05 Å². The highest BCUT2D eigenvalue weighted by Gasteiger charge is 2.25. The van der Waals surface area contributed by atoms with Crippen molar-refractivity contribution in [2.75, 3.05) is 0 Å². The topological polar surface area (TPSA) is 62.7 Å². The normalized spacial score (nSPS) is 17.2. The summed E-state index contributed by atoms with van der Waals surface area (Å²) in [7, 11) is 1.96. The summed E-state index contributed by atoms with van der Waals surface area (Å²) in [5.74, 6) is -0.0245. The van der Waals surface area contributed by atoms with Gasteiger partial charge in [-0.25, -0.2) is 0 Å². The molecule has 3 aromatic rings. The van der Waals surface area contributed by atoms with Gasteiger partial charge in [-0.3, -0.25) is 9.48 Å². The molecular formula is C18H20N4O. The number of hydrogen-bond donors (Lipinski definition) is 2. The molecule has 2 N–H and O–H groups in total. The van der Waals surface area contributed by atoms with Gasteiger partial charge in [0.05, 0.1) is 17.8 Å². The fourth-order valence-corrected chi connectivity index (χ4v) is 3.51.